The lowest BCUT2D eigenvalue weighted by Crippen LogP contribution is -2.27. The summed E-state index contributed by atoms with van der Waals surface area (Å²) >= 11 is 0. The molecule has 0 saturated carbocycles. The number of aromatic nitrogens is 3. The van der Waals surface area contributed by atoms with Gasteiger partial charge in [0.1, 0.15) is 5.82 Å². The molecule has 126 valence electrons. The van der Waals surface area contributed by atoms with Crippen molar-refractivity contribution in [2.45, 2.75) is 58.9 Å². The van der Waals surface area contributed by atoms with Crippen LogP contribution in [0.15, 0.2) is 12.3 Å². The number of aryl methyl sites for hydroxylation is 1. The summed E-state index contributed by atoms with van der Waals surface area (Å²) in [6, 6.07) is 2.55. The Kier molecular flexibility index (Phi) is 5.16. The van der Waals surface area contributed by atoms with Gasteiger partial charge in [-0.1, -0.05) is 20.3 Å². The van der Waals surface area contributed by atoms with E-state index in [9.17, 15) is 0 Å². The molecule has 5 heteroatoms. The van der Waals surface area contributed by atoms with Crippen molar-refractivity contribution >= 4 is 11.5 Å². The summed E-state index contributed by atoms with van der Waals surface area (Å²) < 4.78 is 1.94. The Morgan fingerprint density at radius 1 is 1.13 bits per heavy atom. The minimum absolute atomic E-state index is 0.399. The summed E-state index contributed by atoms with van der Waals surface area (Å²) in [5, 5.41) is 8.30. The van der Waals surface area contributed by atoms with Crippen LogP contribution in [0.2, 0.25) is 0 Å². The largest absolute Gasteiger partial charge is 0.356 e. The zero-order valence-electron chi connectivity index (χ0n) is 14.7. The maximum absolute atomic E-state index is 4.87. The minimum Gasteiger partial charge on any atom is -0.356 e. The summed E-state index contributed by atoms with van der Waals surface area (Å²) in [7, 11) is 0. The smallest absolute Gasteiger partial charge is 0.157 e. The highest BCUT2D eigenvalue weighted by molar-refractivity contribution is 5.54. The number of anilines is 1. The van der Waals surface area contributed by atoms with Crippen LogP contribution in [0.1, 0.15) is 63.3 Å². The number of rotatable bonds is 2. The highest BCUT2D eigenvalue weighted by Gasteiger charge is 2.20. The molecule has 23 heavy (non-hydrogen) atoms. The van der Waals surface area contributed by atoms with E-state index in [2.05, 4.69) is 29.4 Å². The molecule has 2 aliphatic rings. The van der Waals surface area contributed by atoms with E-state index in [4.69, 9.17) is 10.1 Å². The maximum Gasteiger partial charge on any atom is 0.157 e. The van der Waals surface area contributed by atoms with Gasteiger partial charge in [-0.3, -0.25) is 0 Å². The average molecular weight is 315 g/mol. The third-order valence-electron chi connectivity index (χ3n) is 4.70. The van der Waals surface area contributed by atoms with Crippen molar-refractivity contribution in [1.29, 1.82) is 0 Å². The maximum atomic E-state index is 4.87. The Balaban J connectivity index is 0.000000753. The van der Waals surface area contributed by atoms with Crippen LogP contribution in [0.4, 0.5) is 5.82 Å². The first-order valence-corrected chi connectivity index (χ1v) is 9.16. The van der Waals surface area contributed by atoms with Gasteiger partial charge in [0.2, 0.25) is 0 Å². The van der Waals surface area contributed by atoms with Crippen LogP contribution >= 0.6 is 0 Å². The highest BCUT2D eigenvalue weighted by Crippen LogP contribution is 2.26. The molecule has 0 radical (unpaired) electrons. The number of piperidine rings is 1. The minimum atomic E-state index is 0.399. The van der Waals surface area contributed by atoms with E-state index in [-0.39, 0.29) is 0 Å². The number of hydrogen-bond acceptors (Lipinski definition) is 4. The zero-order chi connectivity index (χ0) is 16.2. The van der Waals surface area contributed by atoms with E-state index in [1.807, 2.05) is 18.4 Å². The molecule has 2 fully saturated rings. The Labute approximate surface area is 139 Å². The first-order valence-electron chi connectivity index (χ1n) is 9.16. The fourth-order valence-corrected chi connectivity index (χ4v) is 3.54. The van der Waals surface area contributed by atoms with Crippen LogP contribution in [0.5, 0.6) is 0 Å². The van der Waals surface area contributed by atoms with Gasteiger partial charge in [-0.15, -0.1) is 0 Å². The van der Waals surface area contributed by atoms with Crippen LogP contribution in [0.25, 0.3) is 5.65 Å². The van der Waals surface area contributed by atoms with Gasteiger partial charge >= 0.3 is 0 Å². The quantitative estimate of drug-likeness (QED) is 0.921. The second kappa shape index (κ2) is 7.30. The Hall–Kier alpha value is -1.62. The SMILES string of the molecule is CC.Cc1cn2nc(C3CCCCN3)cc2nc1N1CCCC1. The summed E-state index contributed by atoms with van der Waals surface area (Å²) in [4.78, 5) is 7.27. The zero-order valence-corrected chi connectivity index (χ0v) is 14.7. The highest BCUT2D eigenvalue weighted by atomic mass is 15.3. The fraction of sp³-hybridized carbons (Fsp3) is 0.667. The molecule has 0 aromatic carbocycles. The van der Waals surface area contributed by atoms with Crippen molar-refractivity contribution in [3.05, 3.63) is 23.5 Å². The molecule has 2 aromatic rings. The van der Waals surface area contributed by atoms with Gasteiger partial charge in [0.05, 0.1) is 11.7 Å². The lowest BCUT2D eigenvalue weighted by molar-refractivity contribution is 0.404. The van der Waals surface area contributed by atoms with Gasteiger partial charge in [0.15, 0.2) is 5.65 Å². The van der Waals surface area contributed by atoms with Crippen molar-refractivity contribution in [1.82, 2.24) is 19.9 Å². The van der Waals surface area contributed by atoms with Crippen molar-refractivity contribution in [2.75, 3.05) is 24.5 Å². The molecule has 0 bridgehead atoms. The van der Waals surface area contributed by atoms with Gasteiger partial charge in [-0.25, -0.2) is 9.50 Å². The number of nitrogens with zero attached hydrogens (tertiary/aromatic N) is 4. The van der Waals surface area contributed by atoms with E-state index >= 15 is 0 Å². The molecule has 1 unspecified atom stereocenters. The average Bonchev–Trinajstić information content (AvgIpc) is 3.26. The first-order chi connectivity index (χ1) is 11.3. The third kappa shape index (κ3) is 3.34. The Bertz CT molecular complexity index is 636. The topological polar surface area (TPSA) is 45.5 Å². The van der Waals surface area contributed by atoms with Gasteiger partial charge in [-0.2, -0.15) is 5.10 Å². The van der Waals surface area contributed by atoms with Crippen molar-refractivity contribution in [2.24, 2.45) is 0 Å². The molecule has 4 heterocycles. The van der Waals surface area contributed by atoms with Gasteiger partial charge in [-0.05, 0) is 39.2 Å². The summed E-state index contributed by atoms with van der Waals surface area (Å²) in [5.74, 6) is 1.14. The van der Waals surface area contributed by atoms with E-state index < -0.39 is 0 Å². The first kappa shape index (κ1) is 16.2. The van der Waals surface area contributed by atoms with Crippen LogP contribution in [0.3, 0.4) is 0 Å². The molecule has 0 amide bonds. The van der Waals surface area contributed by atoms with Gasteiger partial charge in [0.25, 0.3) is 0 Å². The van der Waals surface area contributed by atoms with Crippen LogP contribution in [-0.4, -0.2) is 34.2 Å². The Morgan fingerprint density at radius 3 is 2.61 bits per heavy atom. The number of nitrogens with one attached hydrogen (secondary N) is 1. The van der Waals surface area contributed by atoms with E-state index in [1.54, 1.807) is 0 Å². The van der Waals surface area contributed by atoms with Crippen molar-refractivity contribution in [3.8, 4) is 0 Å². The standard InChI is InChI=1S/C16H23N5.C2H6/c1-12-11-21-15(18-16(12)20-8-4-5-9-20)10-14(19-21)13-6-2-3-7-17-13;1-2/h10-11,13,17H,2-9H2,1H3;1-2H3. The van der Waals surface area contributed by atoms with Crippen molar-refractivity contribution in [3.63, 3.8) is 0 Å². The van der Waals surface area contributed by atoms with Crippen LogP contribution in [-0.2, 0) is 0 Å². The molecule has 2 aliphatic heterocycles. The molecular weight excluding hydrogens is 286 g/mol. The van der Waals surface area contributed by atoms with E-state index in [0.717, 1.165) is 36.8 Å². The number of hydrogen-bond donors (Lipinski definition) is 1. The molecule has 2 saturated heterocycles. The second-order valence-electron chi connectivity index (χ2n) is 6.32. The third-order valence-corrected chi connectivity index (χ3v) is 4.70. The summed E-state index contributed by atoms with van der Waals surface area (Å²) in [6.45, 7) is 9.51. The molecule has 1 N–H and O–H groups in total. The number of fused-ring (bicyclic) bond motifs is 1. The lowest BCUT2D eigenvalue weighted by Gasteiger charge is -2.21. The van der Waals surface area contributed by atoms with Crippen LogP contribution < -0.4 is 10.2 Å². The monoisotopic (exact) mass is 315 g/mol. The molecule has 5 nitrogen and oxygen atoms in total. The van der Waals surface area contributed by atoms with E-state index in [0.29, 0.717) is 6.04 Å². The van der Waals surface area contributed by atoms with E-state index in [1.165, 1.54) is 37.7 Å². The molecule has 1 atom stereocenters. The lowest BCUT2D eigenvalue weighted by atomic mass is 10.0. The summed E-state index contributed by atoms with van der Waals surface area (Å²) in [6.07, 6.45) is 8.44. The molecule has 0 spiro atoms. The second-order valence-corrected chi connectivity index (χ2v) is 6.32. The molecular formula is C18H29N5. The van der Waals surface area contributed by atoms with Gasteiger partial charge in [0, 0.05) is 30.9 Å². The Morgan fingerprint density at radius 2 is 1.91 bits per heavy atom. The molecule has 0 aliphatic carbocycles. The summed E-state index contributed by atoms with van der Waals surface area (Å²) in [5.41, 5.74) is 3.33. The molecule has 2 aromatic heterocycles. The fourth-order valence-electron chi connectivity index (χ4n) is 3.54. The normalized spacial score (nSPS) is 21.3. The predicted molar refractivity (Wildman–Crippen MR) is 95.1 cm³/mol. The van der Waals surface area contributed by atoms with Gasteiger partial charge < -0.3 is 10.2 Å². The van der Waals surface area contributed by atoms with Crippen LogP contribution in [0, 0.1) is 6.92 Å². The van der Waals surface area contributed by atoms with Crippen molar-refractivity contribution < 1.29 is 0 Å². The predicted octanol–water partition coefficient (Wildman–Crippen LogP) is 3.48. The molecule has 4 rings (SSSR count).